The van der Waals surface area contributed by atoms with Crippen LogP contribution in [-0.4, -0.2) is 31.4 Å². The first-order valence-electron chi connectivity index (χ1n) is 12.4. The van der Waals surface area contributed by atoms with Gasteiger partial charge in [0.15, 0.2) is 0 Å². The molecule has 0 radical (unpaired) electrons. The fraction of sp³-hybridized carbons (Fsp3) is 0.357. The third-order valence-electron chi connectivity index (χ3n) is 7.55. The predicted octanol–water partition coefficient (Wildman–Crippen LogP) is 5.39. The SMILES string of the molecule is O=C(O)C1=Cc2ccccc2-c2c(C3CCCCC3)c3ccc(C(=O)N[S+]([O-])C4CC4)cc3n2C1. The van der Waals surface area contributed by atoms with Crippen molar-refractivity contribution in [2.45, 2.75) is 62.7 Å². The third-order valence-corrected chi connectivity index (χ3v) is 9.01. The van der Waals surface area contributed by atoms with Crippen LogP contribution in [-0.2, 0) is 22.7 Å². The van der Waals surface area contributed by atoms with Gasteiger partial charge in [-0.3, -0.25) is 4.79 Å². The van der Waals surface area contributed by atoms with E-state index in [0.717, 1.165) is 53.4 Å². The molecule has 6 rings (SSSR count). The zero-order chi connectivity index (χ0) is 24.1. The highest BCUT2D eigenvalue weighted by Crippen LogP contribution is 2.46. The van der Waals surface area contributed by atoms with Crippen molar-refractivity contribution >= 4 is 40.2 Å². The molecule has 2 aromatic carbocycles. The van der Waals surface area contributed by atoms with Crippen LogP contribution < -0.4 is 4.72 Å². The summed E-state index contributed by atoms with van der Waals surface area (Å²) < 4.78 is 17.0. The molecular weight excluding hydrogens is 460 g/mol. The third kappa shape index (κ3) is 4.06. The van der Waals surface area contributed by atoms with E-state index in [1.54, 1.807) is 6.08 Å². The Kier molecular flexibility index (Phi) is 5.69. The first kappa shape index (κ1) is 22.4. The van der Waals surface area contributed by atoms with Gasteiger partial charge in [-0.1, -0.05) is 49.6 Å². The Morgan fingerprint density at radius 1 is 1.03 bits per heavy atom. The van der Waals surface area contributed by atoms with Crippen LogP contribution in [0.4, 0.5) is 0 Å². The number of nitrogens with zero attached hydrogens (tertiary/aromatic N) is 1. The number of aliphatic carboxylic acids is 1. The number of hydrogen-bond acceptors (Lipinski definition) is 3. The standard InChI is InChI=1S/C28H28N2O4S/c31-27(29-35(34)21-11-12-21)19-10-13-23-24(15-19)30-16-20(28(32)33)14-18-8-4-5-9-22(18)26(30)25(23)17-6-2-1-3-7-17/h4-5,8-10,13-15,17,21H,1-3,6-7,11-12,16H2,(H,29,31)(H,32,33). The van der Waals surface area contributed by atoms with Crippen molar-refractivity contribution < 1.29 is 19.2 Å². The number of fused-ring (bicyclic) bond motifs is 5. The average Bonchev–Trinajstić information content (AvgIpc) is 3.69. The van der Waals surface area contributed by atoms with Gasteiger partial charge in [0.2, 0.25) is 0 Å². The van der Waals surface area contributed by atoms with Gasteiger partial charge < -0.3 is 14.2 Å². The summed E-state index contributed by atoms with van der Waals surface area (Å²) in [6, 6.07) is 13.6. The minimum atomic E-state index is -1.36. The smallest absolute Gasteiger partial charge is 0.333 e. The molecule has 0 bridgehead atoms. The number of benzene rings is 2. The topological polar surface area (TPSA) is 94.4 Å². The van der Waals surface area contributed by atoms with E-state index in [9.17, 15) is 19.2 Å². The van der Waals surface area contributed by atoms with Gasteiger partial charge in [0.25, 0.3) is 5.91 Å². The zero-order valence-corrected chi connectivity index (χ0v) is 20.3. The Labute approximate surface area is 207 Å². The molecule has 2 heterocycles. The van der Waals surface area contributed by atoms with E-state index in [0.29, 0.717) is 17.1 Å². The summed E-state index contributed by atoms with van der Waals surface area (Å²) >= 11 is -1.36. The van der Waals surface area contributed by atoms with Crippen LogP contribution in [0.25, 0.3) is 28.2 Å². The highest BCUT2D eigenvalue weighted by atomic mass is 32.2. The normalized spacial score (nSPS) is 18.8. The van der Waals surface area contributed by atoms with Gasteiger partial charge in [0.05, 0.1) is 29.2 Å². The lowest BCUT2D eigenvalue weighted by Crippen LogP contribution is -2.33. The van der Waals surface area contributed by atoms with Gasteiger partial charge in [0.1, 0.15) is 5.25 Å². The molecule has 2 aliphatic carbocycles. The number of hydrogen-bond donors (Lipinski definition) is 2. The average molecular weight is 489 g/mol. The summed E-state index contributed by atoms with van der Waals surface area (Å²) in [6.07, 6.45) is 9.37. The summed E-state index contributed by atoms with van der Waals surface area (Å²) in [7, 11) is 0. The van der Waals surface area contributed by atoms with Crippen LogP contribution in [0.2, 0.25) is 0 Å². The number of nitrogens with one attached hydrogen (secondary N) is 1. The van der Waals surface area contributed by atoms with Crippen LogP contribution in [0, 0.1) is 0 Å². The lowest BCUT2D eigenvalue weighted by Gasteiger charge is -2.24. The molecule has 2 fully saturated rings. The lowest BCUT2D eigenvalue weighted by molar-refractivity contribution is -0.132. The molecule has 1 atom stereocenters. The van der Waals surface area contributed by atoms with Crippen LogP contribution in [0.3, 0.4) is 0 Å². The summed E-state index contributed by atoms with van der Waals surface area (Å²) in [5, 5.41) is 11.1. The van der Waals surface area contributed by atoms with Gasteiger partial charge in [-0.05, 0) is 48.1 Å². The number of carbonyl (C=O) groups is 2. The number of amides is 1. The number of carboxylic acids is 1. The van der Waals surface area contributed by atoms with E-state index in [1.807, 2.05) is 36.4 Å². The molecule has 6 nitrogen and oxygen atoms in total. The van der Waals surface area contributed by atoms with Gasteiger partial charge >= 0.3 is 5.97 Å². The van der Waals surface area contributed by atoms with Crippen molar-refractivity contribution in [3.63, 3.8) is 0 Å². The van der Waals surface area contributed by atoms with Crippen LogP contribution in [0.1, 0.15) is 72.3 Å². The van der Waals surface area contributed by atoms with Crippen molar-refractivity contribution in [3.8, 4) is 11.3 Å². The Bertz CT molecular complexity index is 1360. The van der Waals surface area contributed by atoms with E-state index < -0.39 is 17.3 Å². The summed E-state index contributed by atoms with van der Waals surface area (Å²) in [5.41, 5.74) is 5.88. The summed E-state index contributed by atoms with van der Waals surface area (Å²) in [6.45, 7) is 0.224. The fourth-order valence-electron chi connectivity index (χ4n) is 5.66. The van der Waals surface area contributed by atoms with E-state index >= 15 is 0 Å². The van der Waals surface area contributed by atoms with Gasteiger partial charge in [0, 0.05) is 34.9 Å². The molecule has 180 valence electrons. The summed E-state index contributed by atoms with van der Waals surface area (Å²) in [4.78, 5) is 25.1. The molecule has 2 N–H and O–H groups in total. The molecule has 2 saturated carbocycles. The number of rotatable bonds is 5. The number of aromatic nitrogens is 1. The van der Waals surface area contributed by atoms with Crippen LogP contribution in [0.5, 0.6) is 0 Å². The predicted molar refractivity (Wildman–Crippen MR) is 137 cm³/mol. The van der Waals surface area contributed by atoms with Crippen molar-refractivity contribution in [3.05, 3.63) is 64.7 Å². The van der Waals surface area contributed by atoms with E-state index in [-0.39, 0.29) is 17.7 Å². The van der Waals surface area contributed by atoms with Gasteiger partial charge in [-0.15, -0.1) is 0 Å². The van der Waals surface area contributed by atoms with Crippen molar-refractivity contribution in [2.24, 2.45) is 0 Å². The first-order chi connectivity index (χ1) is 17.0. The van der Waals surface area contributed by atoms with Gasteiger partial charge in [-0.25, -0.2) is 4.79 Å². The molecule has 35 heavy (non-hydrogen) atoms. The molecule has 7 heteroatoms. The number of carboxylic acid groups (broad SMARTS) is 1. The quantitative estimate of drug-likeness (QED) is 0.471. The Morgan fingerprint density at radius 2 is 1.80 bits per heavy atom. The second kappa shape index (κ2) is 8.88. The van der Waals surface area contributed by atoms with E-state index in [4.69, 9.17) is 0 Å². The Morgan fingerprint density at radius 3 is 2.54 bits per heavy atom. The minimum absolute atomic E-state index is 0.0601. The Hall–Kier alpha value is -3.03. The maximum Gasteiger partial charge on any atom is 0.333 e. The molecular formula is C28H28N2O4S. The van der Waals surface area contributed by atoms with E-state index in [1.165, 1.54) is 24.8 Å². The largest absolute Gasteiger partial charge is 0.593 e. The molecule has 1 aromatic heterocycles. The molecule has 0 spiro atoms. The second-order valence-corrected chi connectivity index (χ2v) is 11.4. The minimum Gasteiger partial charge on any atom is -0.593 e. The summed E-state index contributed by atoms with van der Waals surface area (Å²) in [5.74, 6) is -0.902. The monoisotopic (exact) mass is 488 g/mol. The highest BCUT2D eigenvalue weighted by Gasteiger charge is 2.36. The molecule has 3 aliphatic rings. The van der Waals surface area contributed by atoms with Crippen LogP contribution >= 0.6 is 0 Å². The molecule has 1 unspecified atom stereocenters. The van der Waals surface area contributed by atoms with Crippen molar-refractivity contribution in [1.29, 1.82) is 0 Å². The molecule has 1 aliphatic heterocycles. The fourth-order valence-corrected chi connectivity index (χ4v) is 6.70. The molecule has 1 amide bonds. The Balaban J connectivity index is 1.55. The lowest BCUT2D eigenvalue weighted by atomic mass is 9.81. The van der Waals surface area contributed by atoms with Crippen molar-refractivity contribution in [1.82, 2.24) is 9.29 Å². The second-order valence-electron chi connectivity index (χ2n) is 9.91. The highest BCUT2D eigenvalue weighted by molar-refractivity contribution is 7.91. The first-order valence-corrected chi connectivity index (χ1v) is 13.6. The maximum absolute atomic E-state index is 12.9. The zero-order valence-electron chi connectivity index (χ0n) is 19.5. The molecule has 3 aromatic rings. The van der Waals surface area contributed by atoms with Crippen molar-refractivity contribution in [2.75, 3.05) is 0 Å². The van der Waals surface area contributed by atoms with E-state index in [2.05, 4.69) is 15.4 Å². The number of carbonyl (C=O) groups excluding carboxylic acids is 1. The van der Waals surface area contributed by atoms with Gasteiger partial charge in [-0.2, -0.15) is 4.72 Å². The molecule has 0 saturated heterocycles. The maximum atomic E-state index is 12.9. The van der Waals surface area contributed by atoms with Crippen LogP contribution in [0.15, 0.2) is 48.0 Å².